The molecule has 1 N–H and O–H groups in total. The van der Waals surface area contributed by atoms with Crippen LogP contribution < -0.4 is 4.74 Å². The number of aliphatic hydroxyl groups is 1. The fraction of sp³-hybridized carbons (Fsp3) is 0.533. The molecule has 2 saturated heterocycles. The molecule has 0 radical (unpaired) electrons. The predicted molar refractivity (Wildman–Crippen MR) is 76.6 cm³/mol. The molecule has 2 unspecified atom stereocenters. The number of sulfone groups is 1. The van der Waals surface area contributed by atoms with E-state index in [-0.39, 0.29) is 12.8 Å². The molecule has 1 aromatic rings. The second kappa shape index (κ2) is 4.72. The van der Waals surface area contributed by atoms with Gasteiger partial charge in [0.1, 0.15) is 11.8 Å². The van der Waals surface area contributed by atoms with Crippen LogP contribution in [0.25, 0.3) is 0 Å². The molecule has 2 bridgehead atoms. The van der Waals surface area contributed by atoms with Crippen molar-refractivity contribution in [3.8, 4) is 11.8 Å². The molecule has 3 rings (SSSR count). The van der Waals surface area contributed by atoms with E-state index in [9.17, 15) is 13.5 Å². The normalized spacial score (nSPS) is 33.4. The Labute approximate surface area is 124 Å². The standard InChI is InChI=1S/C15H17NO4S/c1-20-14-6-11(3-2-10(14)9-16)15(17)7-12-4-5-13(8-15)21(12,18)19/h2-3,6,12-13,17H,4-5,7-8H2,1H3. The average Bonchev–Trinajstić information content (AvgIpc) is 2.66. The third-order valence-corrected chi connectivity index (χ3v) is 7.39. The van der Waals surface area contributed by atoms with Crippen LogP contribution in [0.15, 0.2) is 18.2 Å². The van der Waals surface area contributed by atoms with Gasteiger partial charge in [0, 0.05) is 0 Å². The number of nitrogens with zero attached hydrogens (tertiary/aromatic N) is 1. The van der Waals surface area contributed by atoms with Crippen LogP contribution in [-0.4, -0.2) is 31.1 Å². The molecule has 21 heavy (non-hydrogen) atoms. The van der Waals surface area contributed by atoms with Gasteiger partial charge in [0.25, 0.3) is 0 Å². The lowest BCUT2D eigenvalue weighted by atomic mass is 9.85. The minimum Gasteiger partial charge on any atom is -0.495 e. The predicted octanol–water partition coefficient (Wildman–Crippen LogP) is 1.49. The van der Waals surface area contributed by atoms with Crippen LogP contribution in [0.1, 0.15) is 36.8 Å². The molecule has 2 fully saturated rings. The lowest BCUT2D eigenvalue weighted by Crippen LogP contribution is -2.43. The lowest BCUT2D eigenvalue weighted by molar-refractivity contribution is 0.0171. The number of rotatable bonds is 2. The molecule has 0 aromatic heterocycles. The Morgan fingerprint density at radius 3 is 2.48 bits per heavy atom. The largest absolute Gasteiger partial charge is 0.495 e. The van der Waals surface area contributed by atoms with E-state index in [4.69, 9.17) is 10.00 Å². The molecule has 5 nitrogen and oxygen atoms in total. The van der Waals surface area contributed by atoms with E-state index < -0.39 is 25.9 Å². The number of fused-ring (bicyclic) bond motifs is 2. The van der Waals surface area contributed by atoms with Gasteiger partial charge in [0.05, 0.1) is 28.8 Å². The summed E-state index contributed by atoms with van der Waals surface area (Å²) < 4.78 is 29.4. The Morgan fingerprint density at radius 1 is 1.33 bits per heavy atom. The summed E-state index contributed by atoms with van der Waals surface area (Å²) in [6, 6.07) is 6.98. The van der Waals surface area contributed by atoms with Gasteiger partial charge in [-0.1, -0.05) is 6.07 Å². The third kappa shape index (κ3) is 2.12. The Morgan fingerprint density at radius 2 is 1.95 bits per heavy atom. The Balaban J connectivity index is 2.00. The summed E-state index contributed by atoms with van der Waals surface area (Å²) in [7, 11) is -1.61. The number of hydrogen-bond donors (Lipinski definition) is 1. The zero-order valence-corrected chi connectivity index (χ0v) is 12.6. The number of ether oxygens (including phenoxy) is 1. The third-order valence-electron chi connectivity index (χ3n) is 4.73. The highest BCUT2D eigenvalue weighted by Gasteiger charge is 2.53. The summed E-state index contributed by atoms with van der Waals surface area (Å²) in [6.07, 6.45) is 1.70. The van der Waals surface area contributed by atoms with Crippen LogP contribution >= 0.6 is 0 Å². The van der Waals surface area contributed by atoms with Crippen LogP contribution in [0.4, 0.5) is 0 Å². The van der Waals surface area contributed by atoms with E-state index >= 15 is 0 Å². The van der Waals surface area contributed by atoms with Crippen molar-refractivity contribution in [2.24, 2.45) is 0 Å². The summed E-state index contributed by atoms with van der Waals surface area (Å²) >= 11 is 0. The second-order valence-electron chi connectivity index (χ2n) is 5.88. The van der Waals surface area contributed by atoms with Gasteiger partial charge in [-0.25, -0.2) is 8.42 Å². The molecule has 112 valence electrons. The van der Waals surface area contributed by atoms with Gasteiger partial charge in [-0.2, -0.15) is 5.26 Å². The first-order valence-corrected chi connectivity index (χ1v) is 8.55. The summed E-state index contributed by atoms with van der Waals surface area (Å²) in [4.78, 5) is 0. The Hall–Kier alpha value is -1.58. The van der Waals surface area contributed by atoms with E-state index in [1.54, 1.807) is 18.2 Å². The molecule has 2 atom stereocenters. The highest BCUT2D eigenvalue weighted by atomic mass is 32.2. The fourth-order valence-corrected chi connectivity index (χ4v) is 6.04. The molecule has 6 heteroatoms. The van der Waals surface area contributed by atoms with Gasteiger partial charge < -0.3 is 9.84 Å². The molecule has 0 saturated carbocycles. The maximum atomic E-state index is 12.1. The van der Waals surface area contributed by atoms with Gasteiger partial charge >= 0.3 is 0 Å². The molecule has 1 aromatic carbocycles. The van der Waals surface area contributed by atoms with Crippen molar-refractivity contribution in [2.45, 2.75) is 41.8 Å². The number of benzene rings is 1. The van der Waals surface area contributed by atoms with Crippen molar-refractivity contribution in [3.05, 3.63) is 29.3 Å². The first-order chi connectivity index (χ1) is 9.90. The SMILES string of the molecule is COc1cc(C2(O)CC3CCC(C2)S3(=O)=O)ccc1C#N. The van der Waals surface area contributed by atoms with Crippen LogP contribution in [0.3, 0.4) is 0 Å². The van der Waals surface area contributed by atoms with Gasteiger partial charge in [-0.05, 0) is 43.4 Å². The average molecular weight is 307 g/mol. The number of hydrogen-bond acceptors (Lipinski definition) is 5. The maximum absolute atomic E-state index is 12.1. The quantitative estimate of drug-likeness (QED) is 0.894. The van der Waals surface area contributed by atoms with E-state index in [2.05, 4.69) is 0 Å². The summed E-state index contributed by atoms with van der Waals surface area (Å²) in [5.41, 5.74) is -0.125. The zero-order valence-electron chi connectivity index (χ0n) is 11.7. The topological polar surface area (TPSA) is 87.4 Å². The van der Waals surface area contributed by atoms with Crippen LogP contribution in [-0.2, 0) is 15.4 Å². The van der Waals surface area contributed by atoms with Crippen molar-refractivity contribution in [1.82, 2.24) is 0 Å². The highest BCUT2D eigenvalue weighted by Crippen LogP contribution is 2.48. The summed E-state index contributed by atoms with van der Waals surface area (Å²) in [6.45, 7) is 0. The second-order valence-corrected chi connectivity index (χ2v) is 8.39. The van der Waals surface area contributed by atoms with Crippen molar-refractivity contribution >= 4 is 9.84 Å². The van der Waals surface area contributed by atoms with Crippen LogP contribution in [0, 0.1) is 11.3 Å². The van der Waals surface area contributed by atoms with Gasteiger partial charge in [0.2, 0.25) is 0 Å². The fourth-order valence-electron chi connectivity index (χ4n) is 3.55. The van der Waals surface area contributed by atoms with Gasteiger partial charge in [0.15, 0.2) is 9.84 Å². The van der Waals surface area contributed by atoms with Crippen molar-refractivity contribution in [3.63, 3.8) is 0 Å². The number of methoxy groups -OCH3 is 1. The Kier molecular flexibility index (Phi) is 3.23. The van der Waals surface area contributed by atoms with E-state index in [1.807, 2.05) is 6.07 Å². The monoisotopic (exact) mass is 307 g/mol. The zero-order chi connectivity index (χ0) is 15.3. The van der Waals surface area contributed by atoms with E-state index in [0.717, 1.165) is 0 Å². The molecule has 2 heterocycles. The van der Waals surface area contributed by atoms with Gasteiger partial charge in [-0.3, -0.25) is 0 Å². The highest BCUT2D eigenvalue weighted by molar-refractivity contribution is 7.93. The van der Waals surface area contributed by atoms with E-state index in [0.29, 0.717) is 29.7 Å². The van der Waals surface area contributed by atoms with Crippen molar-refractivity contribution in [1.29, 1.82) is 5.26 Å². The molecule has 2 aliphatic rings. The molecule has 0 aliphatic carbocycles. The van der Waals surface area contributed by atoms with Crippen molar-refractivity contribution in [2.75, 3.05) is 7.11 Å². The lowest BCUT2D eigenvalue weighted by Gasteiger charge is -2.36. The minimum absolute atomic E-state index is 0.223. The first-order valence-electron chi connectivity index (χ1n) is 6.94. The van der Waals surface area contributed by atoms with E-state index in [1.165, 1.54) is 7.11 Å². The number of nitriles is 1. The molecular weight excluding hydrogens is 290 g/mol. The smallest absolute Gasteiger partial charge is 0.156 e. The van der Waals surface area contributed by atoms with Crippen LogP contribution in [0.5, 0.6) is 5.75 Å². The summed E-state index contributed by atoms with van der Waals surface area (Å²) in [5.74, 6) is 0.407. The first kappa shape index (κ1) is 14.4. The molecule has 0 amide bonds. The van der Waals surface area contributed by atoms with Crippen LogP contribution in [0.2, 0.25) is 0 Å². The summed E-state index contributed by atoms with van der Waals surface area (Å²) in [5, 5.41) is 19.0. The maximum Gasteiger partial charge on any atom is 0.156 e. The minimum atomic E-state index is -3.08. The van der Waals surface area contributed by atoms with Gasteiger partial charge in [-0.15, -0.1) is 0 Å². The molecule has 2 aliphatic heterocycles. The van der Waals surface area contributed by atoms with Crippen molar-refractivity contribution < 1.29 is 18.3 Å². The molecular formula is C15H17NO4S. The Bertz CT molecular complexity index is 700. The molecule has 0 spiro atoms.